The van der Waals surface area contributed by atoms with Crippen LogP contribution < -0.4 is 10.6 Å². The van der Waals surface area contributed by atoms with E-state index in [-0.39, 0.29) is 24.4 Å². The van der Waals surface area contributed by atoms with Gasteiger partial charge < -0.3 is 15.4 Å². The van der Waals surface area contributed by atoms with E-state index in [9.17, 15) is 14.4 Å². The van der Waals surface area contributed by atoms with Crippen LogP contribution in [0.5, 0.6) is 0 Å². The summed E-state index contributed by atoms with van der Waals surface area (Å²) in [4.78, 5) is 36.0. The van der Waals surface area contributed by atoms with Gasteiger partial charge in [0.15, 0.2) is 0 Å². The van der Waals surface area contributed by atoms with Crippen molar-refractivity contribution < 1.29 is 19.1 Å². The second kappa shape index (κ2) is 10.9. The van der Waals surface area contributed by atoms with Crippen molar-refractivity contribution in [3.8, 4) is 0 Å². The van der Waals surface area contributed by atoms with Gasteiger partial charge in [0, 0.05) is 30.3 Å². The van der Waals surface area contributed by atoms with E-state index in [1.165, 1.54) is 0 Å². The minimum absolute atomic E-state index is 0.0224. The van der Waals surface area contributed by atoms with Gasteiger partial charge in [-0.05, 0) is 73.3 Å². The van der Waals surface area contributed by atoms with E-state index in [1.54, 1.807) is 12.1 Å². The summed E-state index contributed by atoms with van der Waals surface area (Å²) in [5, 5.41) is 5.90. The molecule has 2 aliphatic rings. The van der Waals surface area contributed by atoms with Gasteiger partial charge in [-0.3, -0.25) is 9.59 Å². The fourth-order valence-electron chi connectivity index (χ4n) is 4.44. The van der Waals surface area contributed by atoms with E-state index < -0.39 is 0 Å². The number of carbonyl (C=O) groups is 3. The number of anilines is 1. The zero-order chi connectivity index (χ0) is 23.0. The summed E-state index contributed by atoms with van der Waals surface area (Å²) in [6, 6.07) is 15.1. The van der Waals surface area contributed by atoms with Crippen LogP contribution in [0, 0.1) is 11.8 Å². The molecular weight excluding hydrogens is 416 g/mol. The minimum atomic E-state index is -0.308. The molecule has 1 fully saturated rings. The second-order valence-corrected chi connectivity index (χ2v) is 8.86. The van der Waals surface area contributed by atoms with Crippen molar-refractivity contribution in [2.75, 3.05) is 11.9 Å². The Morgan fingerprint density at radius 1 is 1.03 bits per heavy atom. The molecule has 4 rings (SSSR count). The molecule has 0 unspecified atom stereocenters. The first kappa shape index (κ1) is 22.8. The number of fused-ring (bicyclic) bond motifs is 1. The largest absolute Gasteiger partial charge is 0.458 e. The summed E-state index contributed by atoms with van der Waals surface area (Å²) in [6.07, 6.45) is 8.68. The zero-order valence-electron chi connectivity index (χ0n) is 18.7. The number of amides is 2. The van der Waals surface area contributed by atoms with Crippen molar-refractivity contribution >= 4 is 23.5 Å². The van der Waals surface area contributed by atoms with Crippen LogP contribution in [0.15, 0.2) is 60.7 Å². The molecular formula is C27H30N2O4. The lowest BCUT2D eigenvalue weighted by molar-refractivity contribution is -0.139. The van der Waals surface area contributed by atoms with Crippen molar-refractivity contribution in [2.45, 2.75) is 45.1 Å². The van der Waals surface area contributed by atoms with Crippen molar-refractivity contribution in [2.24, 2.45) is 11.8 Å². The highest BCUT2D eigenvalue weighted by molar-refractivity contribution is 5.97. The predicted molar refractivity (Wildman–Crippen MR) is 127 cm³/mol. The molecule has 1 aliphatic carbocycles. The molecule has 2 aromatic rings. The van der Waals surface area contributed by atoms with E-state index in [2.05, 4.69) is 10.6 Å². The summed E-state index contributed by atoms with van der Waals surface area (Å²) >= 11 is 0. The van der Waals surface area contributed by atoms with Crippen LogP contribution in [-0.2, 0) is 27.4 Å². The van der Waals surface area contributed by atoms with Crippen LogP contribution >= 0.6 is 0 Å². The number of nitrogens with one attached hydrogen (secondary N) is 2. The molecule has 2 N–H and O–H groups in total. The molecule has 6 nitrogen and oxygen atoms in total. The van der Waals surface area contributed by atoms with E-state index in [4.69, 9.17) is 4.74 Å². The van der Waals surface area contributed by atoms with Gasteiger partial charge in [0.1, 0.15) is 6.61 Å². The lowest BCUT2D eigenvalue weighted by Crippen LogP contribution is -2.31. The quantitative estimate of drug-likeness (QED) is 0.488. The summed E-state index contributed by atoms with van der Waals surface area (Å²) < 4.78 is 5.29. The van der Waals surface area contributed by atoms with Crippen LogP contribution in [0.2, 0.25) is 0 Å². The van der Waals surface area contributed by atoms with Gasteiger partial charge in [-0.2, -0.15) is 0 Å². The topological polar surface area (TPSA) is 84.5 Å². The van der Waals surface area contributed by atoms with Crippen LogP contribution in [0.25, 0.3) is 0 Å². The normalized spacial score (nSPS) is 20.1. The van der Waals surface area contributed by atoms with E-state index in [1.807, 2.05) is 48.5 Å². The van der Waals surface area contributed by atoms with Crippen LogP contribution in [0.3, 0.4) is 0 Å². The van der Waals surface area contributed by atoms with Crippen LogP contribution in [0.4, 0.5) is 5.69 Å². The summed E-state index contributed by atoms with van der Waals surface area (Å²) in [7, 11) is 0. The van der Waals surface area contributed by atoms with Crippen molar-refractivity contribution in [1.29, 1.82) is 0 Å². The third-order valence-electron chi connectivity index (χ3n) is 6.43. The third-order valence-corrected chi connectivity index (χ3v) is 6.43. The highest BCUT2D eigenvalue weighted by Crippen LogP contribution is 2.29. The van der Waals surface area contributed by atoms with Gasteiger partial charge in [-0.25, -0.2) is 4.79 Å². The highest BCUT2D eigenvalue weighted by atomic mass is 16.5. The number of benzene rings is 2. The van der Waals surface area contributed by atoms with E-state index >= 15 is 0 Å². The Labute approximate surface area is 194 Å². The molecule has 6 heteroatoms. The predicted octanol–water partition coefficient (Wildman–Crippen LogP) is 4.41. The molecule has 0 spiro atoms. The standard InChI is InChI=1S/C27H30N2O4/c30-25-14-12-22-16-23(11-13-24(22)29-25)27(32)28-17-20-8-6-19(7-9-20)10-15-26(31)33-18-21-4-2-1-3-5-21/h1-5,10-11,13,15-16,19-20H,6-9,12,14,17-18H2,(H,28,32)(H,29,30)/b15-10+. The molecule has 2 aromatic carbocycles. The van der Waals surface area contributed by atoms with Gasteiger partial charge in [0.25, 0.3) is 5.91 Å². The Morgan fingerprint density at radius 3 is 2.61 bits per heavy atom. The molecule has 1 saturated carbocycles. The molecule has 1 aliphatic heterocycles. The van der Waals surface area contributed by atoms with Crippen molar-refractivity contribution in [1.82, 2.24) is 5.32 Å². The monoisotopic (exact) mass is 446 g/mol. The van der Waals surface area contributed by atoms with Crippen molar-refractivity contribution in [3.05, 3.63) is 77.4 Å². The molecule has 172 valence electrons. The Kier molecular flexibility index (Phi) is 7.55. The summed E-state index contributed by atoms with van der Waals surface area (Å²) in [5.74, 6) is 0.461. The molecule has 0 atom stereocenters. The van der Waals surface area contributed by atoms with Crippen LogP contribution in [-0.4, -0.2) is 24.3 Å². The lowest BCUT2D eigenvalue weighted by Gasteiger charge is -2.27. The second-order valence-electron chi connectivity index (χ2n) is 8.86. The first-order valence-electron chi connectivity index (χ1n) is 11.7. The number of carbonyl (C=O) groups excluding carboxylic acids is 3. The van der Waals surface area contributed by atoms with E-state index in [0.29, 0.717) is 36.8 Å². The van der Waals surface area contributed by atoms with Gasteiger partial charge in [-0.1, -0.05) is 36.4 Å². The SMILES string of the molecule is O=C1CCc2cc(C(=O)NCC3CCC(/C=C/C(=O)OCc4ccccc4)CC3)ccc2N1. The summed E-state index contributed by atoms with van der Waals surface area (Å²) in [6.45, 7) is 0.942. The van der Waals surface area contributed by atoms with E-state index in [0.717, 1.165) is 42.5 Å². The van der Waals surface area contributed by atoms with Gasteiger partial charge >= 0.3 is 5.97 Å². The molecule has 0 aromatic heterocycles. The number of ether oxygens (including phenoxy) is 1. The maximum absolute atomic E-state index is 12.6. The first-order valence-corrected chi connectivity index (χ1v) is 11.7. The number of esters is 1. The highest BCUT2D eigenvalue weighted by Gasteiger charge is 2.21. The number of allylic oxidation sites excluding steroid dienone is 1. The maximum Gasteiger partial charge on any atom is 0.330 e. The Morgan fingerprint density at radius 2 is 1.82 bits per heavy atom. The molecule has 1 heterocycles. The van der Waals surface area contributed by atoms with Crippen LogP contribution in [0.1, 0.15) is 53.6 Å². The number of hydrogen-bond donors (Lipinski definition) is 2. The Bertz CT molecular complexity index is 1020. The smallest absolute Gasteiger partial charge is 0.330 e. The van der Waals surface area contributed by atoms with Gasteiger partial charge in [0.2, 0.25) is 5.91 Å². The minimum Gasteiger partial charge on any atom is -0.458 e. The number of aryl methyl sites for hydroxylation is 1. The lowest BCUT2D eigenvalue weighted by atomic mass is 9.82. The molecule has 0 radical (unpaired) electrons. The first-order chi connectivity index (χ1) is 16.1. The van der Waals surface area contributed by atoms with Gasteiger partial charge in [0.05, 0.1) is 0 Å². The number of rotatable bonds is 7. The Balaban J connectivity index is 1.17. The number of hydrogen-bond acceptors (Lipinski definition) is 4. The third kappa shape index (κ3) is 6.54. The fraction of sp³-hybridized carbons (Fsp3) is 0.370. The molecule has 33 heavy (non-hydrogen) atoms. The Hall–Kier alpha value is -3.41. The fourth-order valence-corrected chi connectivity index (χ4v) is 4.44. The average Bonchev–Trinajstić information content (AvgIpc) is 2.85. The molecule has 2 amide bonds. The van der Waals surface area contributed by atoms with Crippen molar-refractivity contribution in [3.63, 3.8) is 0 Å². The molecule has 0 saturated heterocycles. The van der Waals surface area contributed by atoms with Gasteiger partial charge in [-0.15, -0.1) is 0 Å². The maximum atomic E-state index is 12.6. The zero-order valence-corrected chi connectivity index (χ0v) is 18.7. The molecule has 0 bridgehead atoms. The average molecular weight is 447 g/mol. The summed E-state index contributed by atoms with van der Waals surface area (Å²) in [5.41, 5.74) is 3.43.